The number of carbonyl (C=O) groups excluding carboxylic acids is 1. The van der Waals surface area contributed by atoms with E-state index in [1.807, 2.05) is 0 Å². The van der Waals surface area contributed by atoms with Gasteiger partial charge in [0.25, 0.3) is 0 Å². The Kier molecular flexibility index (Phi) is 6.18. The van der Waals surface area contributed by atoms with Gasteiger partial charge < -0.3 is 10.4 Å². The predicted octanol–water partition coefficient (Wildman–Crippen LogP) is 1.31. The number of hydrogen-bond donors (Lipinski definition) is 2. The second-order valence-electron chi connectivity index (χ2n) is 6.58. The number of hydrogen-bond acceptors (Lipinski definition) is 4. The maximum Gasteiger partial charge on any atom is 0.326 e. The number of sulfonamides is 1. The molecule has 8 heteroatoms. The number of amides is 1. The lowest BCUT2D eigenvalue weighted by Crippen LogP contribution is -2.50. The highest BCUT2D eigenvalue weighted by molar-refractivity contribution is 7.89. The number of carboxylic acids is 1. The van der Waals surface area contributed by atoms with Crippen molar-refractivity contribution in [3.8, 4) is 0 Å². The quantitative estimate of drug-likeness (QED) is 0.788. The molecule has 1 aliphatic rings. The largest absolute Gasteiger partial charge is 0.480 e. The molecule has 1 aliphatic heterocycles. The van der Waals surface area contributed by atoms with E-state index in [2.05, 4.69) is 5.32 Å². The van der Waals surface area contributed by atoms with Crippen molar-refractivity contribution in [2.45, 2.75) is 37.6 Å². The molecule has 25 heavy (non-hydrogen) atoms. The molecule has 0 saturated carbocycles. The van der Waals surface area contributed by atoms with Crippen LogP contribution in [-0.2, 0) is 19.6 Å². The molecule has 1 amide bonds. The van der Waals surface area contributed by atoms with Crippen LogP contribution in [0.15, 0.2) is 35.2 Å². The SMILES string of the molecule is CC(C)[C@H](NC(=O)C1CCCN(S(=O)(=O)c2ccccc2)C1)C(=O)O. The number of aliphatic carboxylic acids is 1. The molecule has 2 atom stereocenters. The summed E-state index contributed by atoms with van der Waals surface area (Å²) in [5, 5.41) is 11.7. The molecule has 138 valence electrons. The highest BCUT2D eigenvalue weighted by Gasteiger charge is 2.35. The summed E-state index contributed by atoms with van der Waals surface area (Å²) in [6.07, 6.45) is 1.10. The number of nitrogens with one attached hydrogen (secondary N) is 1. The van der Waals surface area contributed by atoms with Crippen LogP contribution in [0.25, 0.3) is 0 Å². The van der Waals surface area contributed by atoms with Crippen LogP contribution >= 0.6 is 0 Å². The molecule has 1 aromatic carbocycles. The standard InChI is InChI=1S/C17H24N2O5S/c1-12(2)15(17(21)22)18-16(20)13-7-6-10-19(11-13)25(23,24)14-8-4-3-5-9-14/h3-5,8-9,12-13,15H,6-7,10-11H2,1-2H3,(H,18,20)(H,21,22)/t13?,15-/m0/s1. The van der Waals surface area contributed by atoms with E-state index in [4.69, 9.17) is 0 Å². The van der Waals surface area contributed by atoms with Crippen LogP contribution < -0.4 is 5.32 Å². The summed E-state index contributed by atoms with van der Waals surface area (Å²) in [5.74, 6) is -2.30. The van der Waals surface area contributed by atoms with Gasteiger partial charge in [0, 0.05) is 13.1 Å². The number of benzene rings is 1. The van der Waals surface area contributed by atoms with Gasteiger partial charge in [-0.25, -0.2) is 13.2 Å². The Hall–Kier alpha value is -1.93. The molecule has 0 aromatic heterocycles. The minimum atomic E-state index is -3.65. The second kappa shape index (κ2) is 7.97. The Bertz CT molecular complexity index is 718. The zero-order chi connectivity index (χ0) is 18.6. The van der Waals surface area contributed by atoms with Crippen molar-refractivity contribution in [1.29, 1.82) is 0 Å². The number of nitrogens with zero attached hydrogens (tertiary/aromatic N) is 1. The highest BCUT2D eigenvalue weighted by atomic mass is 32.2. The van der Waals surface area contributed by atoms with Gasteiger partial charge in [-0.1, -0.05) is 32.0 Å². The van der Waals surface area contributed by atoms with Crippen molar-refractivity contribution < 1.29 is 23.1 Å². The van der Waals surface area contributed by atoms with Gasteiger partial charge >= 0.3 is 5.97 Å². The third-order valence-electron chi connectivity index (χ3n) is 4.37. The first-order valence-electron chi connectivity index (χ1n) is 8.32. The maximum absolute atomic E-state index is 12.7. The molecular formula is C17H24N2O5S. The van der Waals surface area contributed by atoms with Crippen LogP contribution in [-0.4, -0.2) is 48.8 Å². The van der Waals surface area contributed by atoms with Crippen molar-refractivity contribution in [1.82, 2.24) is 9.62 Å². The van der Waals surface area contributed by atoms with Crippen LogP contribution in [0.4, 0.5) is 0 Å². The first-order valence-corrected chi connectivity index (χ1v) is 9.76. The van der Waals surface area contributed by atoms with E-state index in [0.717, 1.165) is 0 Å². The van der Waals surface area contributed by atoms with Gasteiger partial charge in [0.1, 0.15) is 6.04 Å². The zero-order valence-corrected chi connectivity index (χ0v) is 15.2. The van der Waals surface area contributed by atoms with Gasteiger partial charge in [-0.2, -0.15) is 4.31 Å². The molecule has 2 rings (SSSR count). The number of carboxylic acid groups (broad SMARTS) is 1. The minimum Gasteiger partial charge on any atom is -0.480 e. The van der Waals surface area contributed by atoms with Gasteiger partial charge in [0.05, 0.1) is 10.8 Å². The van der Waals surface area contributed by atoms with Crippen molar-refractivity contribution >= 4 is 21.9 Å². The van der Waals surface area contributed by atoms with Crippen molar-refractivity contribution in [3.05, 3.63) is 30.3 Å². The van der Waals surface area contributed by atoms with Crippen molar-refractivity contribution in [3.63, 3.8) is 0 Å². The molecule has 7 nitrogen and oxygen atoms in total. The topological polar surface area (TPSA) is 104 Å². The van der Waals surface area contributed by atoms with Gasteiger partial charge in [-0.3, -0.25) is 4.79 Å². The molecule has 1 saturated heterocycles. The molecule has 0 aliphatic carbocycles. The summed E-state index contributed by atoms with van der Waals surface area (Å²) in [6.45, 7) is 3.85. The van der Waals surface area contributed by atoms with Crippen LogP contribution in [0, 0.1) is 11.8 Å². The highest BCUT2D eigenvalue weighted by Crippen LogP contribution is 2.24. The third-order valence-corrected chi connectivity index (χ3v) is 6.25. The maximum atomic E-state index is 12.7. The first kappa shape index (κ1) is 19.4. The number of piperidine rings is 1. The van der Waals surface area contributed by atoms with E-state index < -0.39 is 33.9 Å². The fourth-order valence-electron chi connectivity index (χ4n) is 2.90. The average Bonchev–Trinajstić information content (AvgIpc) is 2.59. The van der Waals surface area contributed by atoms with Crippen LogP contribution in [0.5, 0.6) is 0 Å². The Labute approximate surface area is 148 Å². The van der Waals surface area contributed by atoms with Gasteiger partial charge in [-0.15, -0.1) is 0 Å². The summed E-state index contributed by atoms with van der Waals surface area (Å²) in [6, 6.07) is 7.12. The van der Waals surface area contributed by atoms with Gasteiger partial charge in [-0.05, 0) is 30.9 Å². The molecule has 2 N–H and O–H groups in total. The number of rotatable bonds is 6. The Balaban J connectivity index is 2.10. The fraction of sp³-hybridized carbons (Fsp3) is 0.529. The summed E-state index contributed by atoms with van der Waals surface area (Å²) >= 11 is 0. The lowest BCUT2D eigenvalue weighted by molar-refractivity contribution is -0.144. The third kappa shape index (κ3) is 4.58. The average molecular weight is 368 g/mol. The summed E-state index contributed by atoms with van der Waals surface area (Å²) < 4.78 is 26.7. The van der Waals surface area contributed by atoms with E-state index in [0.29, 0.717) is 19.4 Å². The first-order chi connectivity index (χ1) is 11.7. The molecule has 0 spiro atoms. The van der Waals surface area contributed by atoms with E-state index in [-0.39, 0.29) is 17.4 Å². The van der Waals surface area contributed by atoms with Crippen molar-refractivity contribution in [2.24, 2.45) is 11.8 Å². The molecule has 1 heterocycles. The van der Waals surface area contributed by atoms with E-state index >= 15 is 0 Å². The van der Waals surface area contributed by atoms with Gasteiger partial charge in [0.15, 0.2) is 0 Å². The molecular weight excluding hydrogens is 344 g/mol. The summed E-state index contributed by atoms with van der Waals surface area (Å²) in [5.41, 5.74) is 0. The molecule has 1 fully saturated rings. The molecule has 0 radical (unpaired) electrons. The molecule has 0 bridgehead atoms. The second-order valence-corrected chi connectivity index (χ2v) is 8.52. The Morgan fingerprint density at radius 3 is 2.44 bits per heavy atom. The molecule has 1 unspecified atom stereocenters. The van der Waals surface area contributed by atoms with E-state index in [1.54, 1.807) is 32.0 Å². The summed E-state index contributed by atoms with van der Waals surface area (Å²) in [4.78, 5) is 23.9. The van der Waals surface area contributed by atoms with E-state index in [1.165, 1.54) is 16.4 Å². The lowest BCUT2D eigenvalue weighted by atomic mass is 9.97. The van der Waals surface area contributed by atoms with Crippen LogP contribution in [0.2, 0.25) is 0 Å². The molecule has 1 aromatic rings. The zero-order valence-electron chi connectivity index (χ0n) is 14.4. The monoisotopic (exact) mass is 368 g/mol. The number of carbonyl (C=O) groups is 2. The van der Waals surface area contributed by atoms with Gasteiger partial charge in [0.2, 0.25) is 15.9 Å². The van der Waals surface area contributed by atoms with Crippen LogP contribution in [0.3, 0.4) is 0 Å². The Morgan fingerprint density at radius 2 is 1.88 bits per heavy atom. The van der Waals surface area contributed by atoms with Crippen LogP contribution in [0.1, 0.15) is 26.7 Å². The lowest BCUT2D eigenvalue weighted by Gasteiger charge is -2.32. The predicted molar refractivity (Wildman–Crippen MR) is 92.3 cm³/mol. The minimum absolute atomic E-state index is 0.0630. The summed E-state index contributed by atoms with van der Waals surface area (Å²) in [7, 11) is -3.65. The van der Waals surface area contributed by atoms with Crippen molar-refractivity contribution in [2.75, 3.05) is 13.1 Å². The Morgan fingerprint density at radius 1 is 1.24 bits per heavy atom. The smallest absolute Gasteiger partial charge is 0.326 e. The van der Waals surface area contributed by atoms with E-state index in [9.17, 15) is 23.1 Å². The fourth-order valence-corrected chi connectivity index (χ4v) is 4.45. The normalized spacial score (nSPS) is 20.2.